The molecule has 0 amide bonds. The van der Waals surface area contributed by atoms with Gasteiger partial charge in [0.1, 0.15) is 10.9 Å². The molecule has 2 aromatic rings. The molecule has 0 fully saturated rings. The zero-order valence-corrected chi connectivity index (χ0v) is 11.6. The lowest BCUT2D eigenvalue weighted by molar-refractivity contribution is -0.386. The molecule has 20 heavy (non-hydrogen) atoms. The Balaban J connectivity index is 2.25. The van der Waals surface area contributed by atoms with Gasteiger partial charge in [0.05, 0.1) is 4.92 Å². The summed E-state index contributed by atoms with van der Waals surface area (Å²) in [6, 6.07) is 10.0. The second-order valence-corrected chi connectivity index (χ2v) is 4.60. The second kappa shape index (κ2) is 6.34. The second-order valence-electron chi connectivity index (χ2n) is 4.21. The van der Waals surface area contributed by atoms with E-state index in [1.807, 2.05) is 12.1 Å². The first-order valence-electron chi connectivity index (χ1n) is 6.18. The fraction of sp³-hybridized carbons (Fsp3) is 0.214. The summed E-state index contributed by atoms with van der Waals surface area (Å²) in [5.41, 5.74) is 0.973. The van der Waals surface area contributed by atoms with Crippen LogP contribution in [0.5, 0.6) is 11.6 Å². The number of benzene rings is 1. The maximum absolute atomic E-state index is 10.9. The minimum Gasteiger partial charge on any atom is -0.434 e. The maximum atomic E-state index is 10.9. The van der Waals surface area contributed by atoms with E-state index < -0.39 is 4.92 Å². The highest BCUT2D eigenvalue weighted by Gasteiger charge is 2.18. The van der Waals surface area contributed by atoms with E-state index in [1.165, 1.54) is 17.7 Å². The third kappa shape index (κ3) is 3.45. The number of hydrogen-bond acceptors (Lipinski definition) is 4. The van der Waals surface area contributed by atoms with Crippen LogP contribution in [0.3, 0.4) is 0 Å². The van der Waals surface area contributed by atoms with E-state index in [4.69, 9.17) is 16.3 Å². The number of aromatic nitrogens is 1. The van der Waals surface area contributed by atoms with Gasteiger partial charge >= 0.3 is 11.6 Å². The smallest absolute Gasteiger partial charge is 0.331 e. The highest BCUT2D eigenvalue weighted by Crippen LogP contribution is 2.30. The first-order chi connectivity index (χ1) is 9.60. The first-order valence-corrected chi connectivity index (χ1v) is 6.55. The Hall–Kier alpha value is -2.14. The van der Waals surface area contributed by atoms with Crippen LogP contribution in [-0.4, -0.2) is 9.91 Å². The molecule has 0 saturated carbocycles. The van der Waals surface area contributed by atoms with Gasteiger partial charge < -0.3 is 4.74 Å². The number of hydrogen-bond donors (Lipinski definition) is 0. The molecule has 0 radical (unpaired) electrons. The summed E-state index contributed by atoms with van der Waals surface area (Å²) in [5, 5.41) is 11.1. The molecule has 0 spiro atoms. The third-order valence-corrected chi connectivity index (χ3v) is 2.89. The van der Waals surface area contributed by atoms with E-state index >= 15 is 0 Å². The van der Waals surface area contributed by atoms with Gasteiger partial charge in [0.15, 0.2) is 0 Å². The van der Waals surface area contributed by atoms with Crippen molar-refractivity contribution in [2.45, 2.75) is 19.8 Å². The van der Waals surface area contributed by atoms with E-state index in [0.29, 0.717) is 5.75 Å². The minimum absolute atomic E-state index is 0.106. The Labute approximate surface area is 121 Å². The summed E-state index contributed by atoms with van der Waals surface area (Å²) in [7, 11) is 0. The number of ether oxygens (including phenoxy) is 1. The predicted octanol–water partition coefficient (Wildman–Crippen LogP) is 4.39. The molecule has 104 valence electrons. The van der Waals surface area contributed by atoms with E-state index in [9.17, 15) is 10.1 Å². The van der Waals surface area contributed by atoms with Crippen LogP contribution in [-0.2, 0) is 6.42 Å². The van der Waals surface area contributed by atoms with Crippen molar-refractivity contribution in [3.8, 4) is 11.6 Å². The summed E-state index contributed by atoms with van der Waals surface area (Å²) < 4.78 is 5.45. The molecule has 1 aromatic carbocycles. The summed E-state index contributed by atoms with van der Waals surface area (Å²) in [6.45, 7) is 2.10. The van der Waals surface area contributed by atoms with Gasteiger partial charge in [-0.05, 0) is 30.2 Å². The number of pyridine rings is 1. The fourth-order valence-electron chi connectivity index (χ4n) is 1.75. The molecule has 6 heteroatoms. The minimum atomic E-state index is -0.551. The Morgan fingerprint density at radius 3 is 2.55 bits per heavy atom. The molecule has 0 aliphatic carbocycles. The van der Waals surface area contributed by atoms with Crippen LogP contribution in [0.1, 0.15) is 18.9 Å². The van der Waals surface area contributed by atoms with Gasteiger partial charge in [-0.2, -0.15) is 4.98 Å². The molecule has 0 bridgehead atoms. The molecule has 1 heterocycles. The average molecular weight is 293 g/mol. The van der Waals surface area contributed by atoms with Crippen molar-refractivity contribution >= 4 is 17.3 Å². The van der Waals surface area contributed by atoms with Gasteiger partial charge in [-0.1, -0.05) is 37.1 Å². The molecular formula is C14H13ClN2O3. The third-order valence-electron chi connectivity index (χ3n) is 2.68. The van der Waals surface area contributed by atoms with E-state index in [2.05, 4.69) is 11.9 Å². The first kappa shape index (κ1) is 14.3. The van der Waals surface area contributed by atoms with Crippen LogP contribution < -0.4 is 4.74 Å². The lowest BCUT2D eigenvalue weighted by Crippen LogP contribution is -1.96. The zero-order valence-electron chi connectivity index (χ0n) is 10.9. The lowest BCUT2D eigenvalue weighted by atomic mass is 10.1. The van der Waals surface area contributed by atoms with Gasteiger partial charge in [-0.15, -0.1) is 0 Å². The summed E-state index contributed by atoms with van der Waals surface area (Å²) >= 11 is 5.74. The van der Waals surface area contributed by atoms with Crippen LogP contribution in [0.15, 0.2) is 36.4 Å². The Morgan fingerprint density at radius 2 is 1.95 bits per heavy atom. The van der Waals surface area contributed by atoms with Crippen molar-refractivity contribution in [1.29, 1.82) is 0 Å². The van der Waals surface area contributed by atoms with Crippen molar-refractivity contribution in [3.63, 3.8) is 0 Å². The summed E-state index contributed by atoms with van der Waals surface area (Å²) in [6.07, 6.45) is 2.04. The van der Waals surface area contributed by atoms with Gasteiger partial charge in [0.2, 0.25) is 0 Å². The highest BCUT2D eigenvalue weighted by atomic mass is 35.5. The largest absolute Gasteiger partial charge is 0.434 e. The molecule has 2 rings (SSSR count). The number of rotatable bonds is 5. The van der Waals surface area contributed by atoms with Crippen LogP contribution in [0, 0.1) is 10.1 Å². The number of nitrogens with zero attached hydrogens (tertiary/aromatic N) is 2. The topological polar surface area (TPSA) is 65.3 Å². The molecule has 0 aliphatic rings. The van der Waals surface area contributed by atoms with Crippen LogP contribution in [0.2, 0.25) is 5.15 Å². The molecule has 1 aromatic heterocycles. The Morgan fingerprint density at radius 1 is 1.25 bits per heavy atom. The SMILES string of the molecule is CCCc1ccc(Oc2nc(Cl)ccc2[N+](=O)[O-])cc1. The Kier molecular flexibility index (Phi) is 4.53. The van der Waals surface area contributed by atoms with Crippen LogP contribution >= 0.6 is 11.6 Å². The fourth-order valence-corrected chi connectivity index (χ4v) is 1.89. The van der Waals surface area contributed by atoms with Crippen molar-refractivity contribution in [2.24, 2.45) is 0 Å². The Bertz CT molecular complexity index is 614. The van der Waals surface area contributed by atoms with Crippen molar-refractivity contribution in [3.05, 3.63) is 57.2 Å². The molecule has 0 saturated heterocycles. The number of nitro groups is 1. The lowest BCUT2D eigenvalue weighted by Gasteiger charge is -2.06. The summed E-state index contributed by atoms with van der Waals surface area (Å²) in [4.78, 5) is 14.2. The average Bonchev–Trinajstić information content (AvgIpc) is 2.41. The highest BCUT2D eigenvalue weighted by molar-refractivity contribution is 6.29. The number of aryl methyl sites for hydroxylation is 1. The molecular weight excluding hydrogens is 280 g/mol. The van der Waals surface area contributed by atoms with Gasteiger partial charge in [-0.3, -0.25) is 10.1 Å². The van der Waals surface area contributed by atoms with Gasteiger partial charge in [-0.25, -0.2) is 0 Å². The van der Waals surface area contributed by atoms with Crippen molar-refractivity contribution < 1.29 is 9.66 Å². The van der Waals surface area contributed by atoms with Crippen molar-refractivity contribution in [2.75, 3.05) is 0 Å². The van der Waals surface area contributed by atoms with Crippen LogP contribution in [0.4, 0.5) is 5.69 Å². The molecule has 0 aliphatic heterocycles. The van der Waals surface area contributed by atoms with E-state index in [0.717, 1.165) is 12.8 Å². The number of halogens is 1. The molecule has 0 N–H and O–H groups in total. The van der Waals surface area contributed by atoms with Crippen molar-refractivity contribution in [1.82, 2.24) is 4.98 Å². The molecule has 0 atom stereocenters. The maximum Gasteiger partial charge on any atom is 0.331 e. The van der Waals surface area contributed by atoms with Crippen LogP contribution in [0.25, 0.3) is 0 Å². The predicted molar refractivity (Wildman–Crippen MR) is 76.4 cm³/mol. The summed E-state index contributed by atoms with van der Waals surface area (Å²) in [5.74, 6) is 0.383. The van der Waals surface area contributed by atoms with Gasteiger partial charge in [0.25, 0.3) is 0 Å². The molecule has 0 unspecified atom stereocenters. The standard InChI is InChI=1S/C14H13ClN2O3/c1-2-3-10-4-6-11(7-5-10)20-14-12(17(18)19)8-9-13(15)16-14/h4-9H,2-3H2,1H3. The normalized spacial score (nSPS) is 10.3. The quantitative estimate of drug-likeness (QED) is 0.466. The van der Waals surface area contributed by atoms with E-state index in [1.54, 1.807) is 12.1 Å². The monoisotopic (exact) mass is 292 g/mol. The molecule has 5 nitrogen and oxygen atoms in total. The van der Waals surface area contributed by atoms with Gasteiger partial charge in [0, 0.05) is 6.07 Å². The zero-order chi connectivity index (χ0) is 14.5. The van der Waals surface area contributed by atoms with E-state index in [-0.39, 0.29) is 16.7 Å².